The van der Waals surface area contributed by atoms with E-state index < -0.39 is 17.8 Å². The second-order valence-electron chi connectivity index (χ2n) is 5.76. The van der Waals surface area contributed by atoms with Crippen LogP contribution in [0.4, 0.5) is 5.00 Å². The Morgan fingerprint density at radius 2 is 1.77 bits per heavy atom. The number of benzene rings is 1. The Morgan fingerprint density at radius 1 is 1.15 bits per heavy atom. The van der Waals surface area contributed by atoms with Crippen molar-refractivity contribution in [1.29, 1.82) is 0 Å². The molecule has 7 nitrogen and oxygen atoms in total. The number of carbonyl (C=O) groups excluding carboxylic acids is 3. The highest BCUT2D eigenvalue weighted by Crippen LogP contribution is 2.34. The van der Waals surface area contributed by atoms with Gasteiger partial charge in [-0.3, -0.25) is 9.59 Å². The number of anilines is 1. The molecule has 0 fully saturated rings. The number of hydrogen-bond donors (Lipinski definition) is 2. The molecule has 0 aliphatic heterocycles. The van der Waals surface area contributed by atoms with E-state index in [1.165, 1.54) is 7.11 Å². The molecular formula is C18H20N2O5S. The Labute approximate surface area is 155 Å². The fourth-order valence-corrected chi connectivity index (χ4v) is 3.37. The summed E-state index contributed by atoms with van der Waals surface area (Å²) in [5.74, 6) is -1.10. The maximum atomic E-state index is 12.4. The Kier molecular flexibility index (Phi) is 5.99. The third-order valence-electron chi connectivity index (χ3n) is 3.50. The van der Waals surface area contributed by atoms with Crippen LogP contribution in [-0.2, 0) is 4.74 Å². The lowest BCUT2D eigenvalue weighted by Gasteiger charge is -2.06. The van der Waals surface area contributed by atoms with Gasteiger partial charge in [0.15, 0.2) is 0 Å². The molecule has 0 bridgehead atoms. The van der Waals surface area contributed by atoms with Crippen LogP contribution in [0.25, 0.3) is 0 Å². The normalized spacial score (nSPS) is 10.5. The minimum atomic E-state index is -0.729. The van der Waals surface area contributed by atoms with Gasteiger partial charge in [0.2, 0.25) is 0 Å². The van der Waals surface area contributed by atoms with E-state index in [4.69, 9.17) is 15.2 Å². The van der Waals surface area contributed by atoms with Crippen molar-refractivity contribution in [3.05, 3.63) is 45.8 Å². The maximum Gasteiger partial charge on any atom is 0.348 e. The highest BCUT2D eigenvalue weighted by atomic mass is 32.1. The van der Waals surface area contributed by atoms with Crippen LogP contribution in [0, 0.1) is 6.92 Å². The molecule has 2 aromatic rings. The quantitative estimate of drug-likeness (QED) is 0.754. The van der Waals surface area contributed by atoms with E-state index in [2.05, 4.69) is 5.32 Å². The minimum Gasteiger partial charge on any atom is -0.497 e. The first-order valence-electron chi connectivity index (χ1n) is 7.84. The molecule has 0 aliphatic rings. The summed E-state index contributed by atoms with van der Waals surface area (Å²) in [6.45, 7) is 5.04. The molecule has 8 heteroatoms. The molecule has 0 aliphatic carbocycles. The predicted molar refractivity (Wildman–Crippen MR) is 99.1 cm³/mol. The number of hydrogen-bond acceptors (Lipinski definition) is 6. The van der Waals surface area contributed by atoms with Gasteiger partial charge in [-0.15, -0.1) is 11.3 Å². The Balaban J connectivity index is 2.33. The summed E-state index contributed by atoms with van der Waals surface area (Å²) in [7, 11) is 1.53. The van der Waals surface area contributed by atoms with E-state index in [0.29, 0.717) is 16.9 Å². The summed E-state index contributed by atoms with van der Waals surface area (Å²) in [5, 5.41) is 2.86. The Morgan fingerprint density at radius 3 is 2.27 bits per heavy atom. The van der Waals surface area contributed by atoms with Crippen molar-refractivity contribution in [2.45, 2.75) is 26.9 Å². The Hall–Kier alpha value is -2.87. The van der Waals surface area contributed by atoms with Crippen LogP contribution >= 0.6 is 11.3 Å². The number of carbonyl (C=O) groups is 3. The number of rotatable bonds is 6. The second-order valence-corrected chi connectivity index (χ2v) is 6.78. The number of nitrogens with one attached hydrogen (secondary N) is 1. The van der Waals surface area contributed by atoms with Crippen molar-refractivity contribution in [2.24, 2.45) is 5.73 Å². The van der Waals surface area contributed by atoms with Crippen molar-refractivity contribution in [2.75, 3.05) is 12.4 Å². The molecule has 1 heterocycles. The van der Waals surface area contributed by atoms with E-state index >= 15 is 0 Å². The number of thiophene rings is 1. The van der Waals surface area contributed by atoms with Crippen molar-refractivity contribution < 1.29 is 23.9 Å². The van der Waals surface area contributed by atoms with Crippen LogP contribution in [0.15, 0.2) is 24.3 Å². The van der Waals surface area contributed by atoms with Crippen LogP contribution < -0.4 is 15.8 Å². The van der Waals surface area contributed by atoms with Crippen LogP contribution in [0.2, 0.25) is 0 Å². The topological polar surface area (TPSA) is 108 Å². The van der Waals surface area contributed by atoms with Gasteiger partial charge in [0.25, 0.3) is 11.8 Å². The zero-order valence-electron chi connectivity index (χ0n) is 14.9. The fraction of sp³-hybridized carbons (Fsp3) is 0.278. The maximum absolute atomic E-state index is 12.4. The van der Waals surface area contributed by atoms with Gasteiger partial charge >= 0.3 is 5.97 Å². The molecule has 2 rings (SSSR count). The molecule has 138 valence electrons. The highest BCUT2D eigenvalue weighted by Gasteiger charge is 2.26. The van der Waals surface area contributed by atoms with Gasteiger partial charge in [-0.2, -0.15) is 0 Å². The lowest BCUT2D eigenvalue weighted by atomic mass is 10.1. The zero-order chi connectivity index (χ0) is 19.4. The minimum absolute atomic E-state index is 0.104. The molecule has 0 unspecified atom stereocenters. The molecule has 0 saturated heterocycles. The van der Waals surface area contributed by atoms with Crippen LogP contribution in [0.5, 0.6) is 5.75 Å². The molecule has 26 heavy (non-hydrogen) atoms. The number of amides is 2. The molecule has 2 amide bonds. The van der Waals surface area contributed by atoms with E-state index in [1.807, 2.05) is 0 Å². The van der Waals surface area contributed by atoms with Gasteiger partial charge in [-0.1, -0.05) is 0 Å². The first-order valence-corrected chi connectivity index (χ1v) is 8.65. The molecule has 0 radical (unpaired) electrons. The van der Waals surface area contributed by atoms with E-state index in [9.17, 15) is 14.4 Å². The van der Waals surface area contributed by atoms with Crippen molar-refractivity contribution >= 4 is 34.1 Å². The summed E-state index contributed by atoms with van der Waals surface area (Å²) in [4.78, 5) is 36.7. The van der Waals surface area contributed by atoms with Crippen molar-refractivity contribution in [3.63, 3.8) is 0 Å². The summed E-state index contributed by atoms with van der Waals surface area (Å²) in [6, 6.07) is 6.48. The smallest absolute Gasteiger partial charge is 0.348 e. The summed E-state index contributed by atoms with van der Waals surface area (Å²) in [6.07, 6.45) is -0.307. The van der Waals surface area contributed by atoms with Gasteiger partial charge in [0, 0.05) is 5.56 Å². The number of ether oxygens (including phenoxy) is 2. The van der Waals surface area contributed by atoms with E-state index in [-0.39, 0.29) is 21.5 Å². The molecule has 0 saturated carbocycles. The molecule has 0 spiro atoms. The highest BCUT2D eigenvalue weighted by molar-refractivity contribution is 7.18. The van der Waals surface area contributed by atoms with E-state index in [0.717, 1.165) is 11.3 Å². The van der Waals surface area contributed by atoms with Gasteiger partial charge < -0.3 is 20.5 Å². The largest absolute Gasteiger partial charge is 0.497 e. The van der Waals surface area contributed by atoms with Gasteiger partial charge in [-0.05, 0) is 50.6 Å². The zero-order valence-corrected chi connectivity index (χ0v) is 15.7. The predicted octanol–water partition coefficient (Wildman–Crippen LogP) is 2.98. The average Bonchev–Trinajstić information content (AvgIpc) is 2.90. The number of methoxy groups -OCH3 is 1. The van der Waals surface area contributed by atoms with Gasteiger partial charge in [0.05, 0.1) is 18.8 Å². The van der Waals surface area contributed by atoms with Crippen LogP contribution in [0.3, 0.4) is 0 Å². The molecule has 3 N–H and O–H groups in total. The SMILES string of the molecule is COc1ccc(C(=O)Nc2sc(C(=O)OC(C)C)c(C)c2C(N)=O)cc1. The summed E-state index contributed by atoms with van der Waals surface area (Å²) in [5.41, 5.74) is 6.30. The standard InChI is InChI=1S/C18H20N2O5S/c1-9(2)25-18(23)14-10(3)13(15(19)21)17(26-14)20-16(22)11-5-7-12(24-4)8-6-11/h5-9H,1-4H3,(H2,19,21)(H,20,22). The second kappa shape index (κ2) is 8.01. The van der Waals surface area contributed by atoms with Gasteiger partial charge in [0.1, 0.15) is 15.6 Å². The van der Waals surface area contributed by atoms with Gasteiger partial charge in [-0.25, -0.2) is 4.79 Å². The number of nitrogens with two attached hydrogens (primary N) is 1. The summed E-state index contributed by atoms with van der Waals surface area (Å²) < 4.78 is 10.2. The van der Waals surface area contributed by atoms with Crippen LogP contribution in [-0.4, -0.2) is 31.0 Å². The number of primary amides is 1. The third kappa shape index (κ3) is 4.20. The Bertz CT molecular complexity index is 840. The molecule has 1 aromatic heterocycles. The fourth-order valence-electron chi connectivity index (χ4n) is 2.28. The first kappa shape index (κ1) is 19.5. The molecular weight excluding hydrogens is 356 g/mol. The van der Waals surface area contributed by atoms with E-state index in [1.54, 1.807) is 45.0 Å². The van der Waals surface area contributed by atoms with Crippen molar-refractivity contribution in [3.8, 4) is 5.75 Å². The number of esters is 1. The third-order valence-corrected chi connectivity index (χ3v) is 4.69. The lowest BCUT2D eigenvalue weighted by molar-refractivity contribution is 0.0383. The average molecular weight is 376 g/mol. The lowest BCUT2D eigenvalue weighted by Crippen LogP contribution is -2.17. The molecule has 0 atom stereocenters. The summed E-state index contributed by atoms with van der Waals surface area (Å²) >= 11 is 0.963. The molecule has 1 aromatic carbocycles. The monoisotopic (exact) mass is 376 g/mol. The first-order chi connectivity index (χ1) is 12.2. The van der Waals surface area contributed by atoms with Crippen LogP contribution in [0.1, 0.15) is 49.8 Å². The van der Waals surface area contributed by atoms with Crippen molar-refractivity contribution in [1.82, 2.24) is 0 Å².